The minimum atomic E-state index is -0.175. The van der Waals surface area contributed by atoms with Gasteiger partial charge in [0, 0.05) is 6.04 Å². The van der Waals surface area contributed by atoms with Crippen LogP contribution in [0.3, 0.4) is 0 Å². The predicted octanol–water partition coefficient (Wildman–Crippen LogP) is 1.77. The Bertz CT molecular complexity index is 158. The predicted molar refractivity (Wildman–Crippen MR) is 55.3 cm³/mol. The maximum absolute atomic E-state index is 9.49. The zero-order chi connectivity index (χ0) is 10.0. The minimum absolute atomic E-state index is 0.175. The van der Waals surface area contributed by atoms with Gasteiger partial charge in [-0.15, -0.1) is 0 Å². The van der Waals surface area contributed by atoms with Gasteiger partial charge in [-0.25, -0.2) is 0 Å². The number of hydrogen-bond donors (Lipinski definition) is 2. The lowest BCUT2D eigenvalue weighted by atomic mass is 9.73. The molecule has 0 spiro atoms. The number of aliphatic hydroxyl groups excluding tert-OH is 1. The molecule has 78 valence electrons. The molecule has 1 saturated carbocycles. The molecule has 0 aromatic rings. The molecular weight excluding hydrogens is 162 g/mol. The van der Waals surface area contributed by atoms with E-state index in [-0.39, 0.29) is 6.10 Å². The molecule has 1 fully saturated rings. The van der Waals surface area contributed by atoms with Crippen LogP contribution in [0.4, 0.5) is 0 Å². The zero-order valence-electron chi connectivity index (χ0n) is 9.03. The van der Waals surface area contributed by atoms with Gasteiger partial charge >= 0.3 is 0 Å². The van der Waals surface area contributed by atoms with Crippen LogP contribution in [-0.4, -0.2) is 17.3 Å². The first kappa shape index (κ1) is 11.0. The Balaban J connectivity index is 2.45. The van der Waals surface area contributed by atoms with Crippen LogP contribution in [0.5, 0.6) is 0 Å². The molecule has 13 heavy (non-hydrogen) atoms. The molecule has 0 bridgehead atoms. The molecular formula is C11H23NO. The van der Waals surface area contributed by atoms with Gasteiger partial charge in [0.15, 0.2) is 0 Å². The molecule has 0 saturated heterocycles. The van der Waals surface area contributed by atoms with Crippen molar-refractivity contribution in [3.05, 3.63) is 0 Å². The summed E-state index contributed by atoms with van der Waals surface area (Å²) in [5, 5.41) is 9.49. The van der Waals surface area contributed by atoms with E-state index in [1.54, 1.807) is 0 Å². The molecule has 1 rings (SSSR count). The number of hydrogen-bond acceptors (Lipinski definition) is 2. The molecule has 0 radical (unpaired) electrons. The van der Waals surface area contributed by atoms with Crippen molar-refractivity contribution < 1.29 is 5.11 Å². The highest BCUT2D eigenvalue weighted by Crippen LogP contribution is 2.34. The zero-order valence-corrected chi connectivity index (χ0v) is 9.03. The Hall–Kier alpha value is -0.0800. The molecule has 5 unspecified atom stereocenters. The third-order valence-electron chi connectivity index (χ3n) is 3.78. The minimum Gasteiger partial charge on any atom is -0.393 e. The van der Waals surface area contributed by atoms with Crippen LogP contribution in [0.15, 0.2) is 0 Å². The summed E-state index contributed by atoms with van der Waals surface area (Å²) in [5.41, 5.74) is 5.95. The average Bonchev–Trinajstić information content (AvgIpc) is 2.08. The standard InChI is InChI=1S/C11H23NO/c1-7-6-10(4-5-11(7)12)8(2)9(3)13/h7-11,13H,4-6,12H2,1-3H3. The second kappa shape index (κ2) is 4.43. The molecule has 0 heterocycles. The van der Waals surface area contributed by atoms with E-state index >= 15 is 0 Å². The summed E-state index contributed by atoms with van der Waals surface area (Å²) in [6.45, 7) is 6.27. The second-order valence-corrected chi connectivity index (χ2v) is 4.81. The van der Waals surface area contributed by atoms with Crippen molar-refractivity contribution in [1.29, 1.82) is 0 Å². The van der Waals surface area contributed by atoms with Crippen LogP contribution in [0, 0.1) is 17.8 Å². The molecule has 2 nitrogen and oxygen atoms in total. The molecule has 0 aliphatic heterocycles. The second-order valence-electron chi connectivity index (χ2n) is 4.81. The van der Waals surface area contributed by atoms with Crippen molar-refractivity contribution in [2.45, 2.75) is 52.2 Å². The van der Waals surface area contributed by atoms with Crippen LogP contribution < -0.4 is 5.73 Å². The van der Waals surface area contributed by atoms with Gasteiger partial charge in [-0.2, -0.15) is 0 Å². The highest BCUT2D eigenvalue weighted by Gasteiger charge is 2.29. The number of nitrogens with two attached hydrogens (primary N) is 1. The monoisotopic (exact) mass is 185 g/mol. The van der Waals surface area contributed by atoms with E-state index in [0.717, 1.165) is 6.42 Å². The summed E-state index contributed by atoms with van der Waals surface area (Å²) >= 11 is 0. The van der Waals surface area contributed by atoms with Gasteiger partial charge in [0.1, 0.15) is 0 Å². The molecule has 0 amide bonds. The van der Waals surface area contributed by atoms with E-state index < -0.39 is 0 Å². The Morgan fingerprint density at radius 1 is 1.31 bits per heavy atom. The smallest absolute Gasteiger partial charge is 0.0540 e. The lowest BCUT2D eigenvalue weighted by Crippen LogP contribution is -2.37. The van der Waals surface area contributed by atoms with E-state index in [1.807, 2.05) is 6.92 Å². The third-order valence-corrected chi connectivity index (χ3v) is 3.78. The average molecular weight is 185 g/mol. The van der Waals surface area contributed by atoms with Crippen molar-refractivity contribution in [3.8, 4) is 0 Å². The first-order valence-corrected chi connectivity index (χ1v) is 5.46. The van der Waals surface area contributed by atoms with Gasteiger partial charge in [0.05, 0.1) is 6.10 Å². The van der Waals surface area contributed by atoms with Crippen LogP contribution in [0.25, 0.3) is 0 Å². The molecule has 5 atom stereocenters. The van der Waals surface area contributed by atoms with E-state index in [9.17, 15) is 5.11 Å². The summed E-state index contributed by atoms with van der Waals surface area (Å²) in [6, 6.07) is 0.387. The van der Waals surface area contributed by atoms with Gasteiger partial charge in [-0.1, -0.05) is 13.8 Å². The summed E-state index contributed by atoms with van der Waals surface area (Å²) in [7, 11) is 0. The van der Waals surface area contributed by atoms with Gasteiger partial charge in [0.2, 0.25) is 0 Å². The highest BCUT2D eigenvalue weighted by molar-refractivity contribution is 4.83. The van der Waals surface area contributed by atoms with Crippen LogP contribution >= 0.6 is 0 Å². The van der Waals surface area contributed by atoms with Gasteiger partial charge in [-0.3, -0.25) is 0 Å². The molecule has 2 heteroatoms. The normalized spacial score (nSPS) is 39.9. The third kappa shape index (κ3) is 2.68. The lowest BCUT2D eigenvalue weighted by Gasteiger charge is -2.36. The Morgan fingerprint density at radius 2 is 1.92 bits per heavy atom. The fourth-order valence-corrected chi connectivity index (χ4v) is 2.33. The van der Waals surface area contributed by atoms with Crippen LogP contribution in [0.2, 0.25) is 0 Å². The van der Waals surface area contributed by atoms with E-state index in [4.69, 9.17) is 5.73 Å². The first-order chi connectivity index (χ1) is 6.02. The Kier molecular flexibility index (Phi) is 3.74. The van der Waals surface area contributed by atoms with Crippen molar-refractivity contribution in [1.82, 2.24) is 0 Å². The van der Waals surface area contributed by atoms with Crippen LogP contribution in [0.1, 0.15) is 40.0 Å². The highest BCUT2D eigenvalue weighted by atomic mass is 16.3. The Labute approximate surface area is 81.5 Å². The maximum atomic E-state index is 9.49. The van der Waals surface area contributed by atoms with E-state index in [2.05, 4.69) is 13.8 Å². The first-order valence-electron chi connectivity index (χ1n) is 5.46. The molecule has 1 aliphatic carbocycles. The number of rotatable bonds is 2. The molecule has 3 N–H and O–H groups in total. The van der Waals surface area contributed by atoms with Crippen molar-refractivity contribution in [2.75, 3.05) is 0 Å². The quantitative estimate of drug-likeness (QED) is 0.688. The number of aliphatic hydroxyl groups is 1. The van der Waals surface area contributed by atoms with Crippen molar-refractivity contribution >= 4 is 0 Å². The summed E-state index contributed by atoms with van der Waals surface area (Å²) in [4.78, 5) is 0. The van der Waals surface area contributed by atoms with Crippen molar-refractivity contribution in [3.63, 3.8) is 0 Å². The maximum Gasteiger partial charge on any atom is 0.0540 e. The topological polar surface area (TPSA) is 46.2 Å². The fraction of sp³-hybridized carbons (Fsp3) is 1.00. The van der Waals surface area contributed by atoms with E-state index in [0.29, 0.717) is 23.8 Å². The van der Waals surface area contributed by atoms with Gasteiger partial charge in [0.25, 0.3) is 0 Å². The lowest BCUT2D eigenvalue weighted by molar-refractivity contribution is 0.0698. The van der Waals surface area contributed by atoms with Gasteiger partial charge < -0.3 is 10.8 Å². The Morgan fingerprint density at radius 3 is 2.38 bits per heavy atom. The summed E-state index contributed by atoms with van der Waals surface area (Å²) < 4.78 is 0. The van der Waals surface area contributed by atoms with Crippen LogP contribution in [-0.2, 0) is 0 Å². The van der Waals surface area contributed by atoms with Gasteiger partial charge in [-0.05, 0) is 43.9 Å². The fourth-order valence-electron chi connectivity index (χ4n) is 2.33. The molecule has 1 aliphatic rings. The molecule has 0 aromatic heterocycles. The van der Waals surface area contributed by atoms with Crippen molar-refractivity contribution in [2.24, 2.45) is 23.5 Å². The SMILES string of the molecule is CC(O)C(C)C1CCC(N)C(C)C1. The largest absolute Gasteiger partial charge is 0.393 e. The van der Waals surface area contributed by atoms with E-state index in [1.165, 1.54) is 12.8 Å². The molecule has 0 aromatic carbocycles. The summed E-state index contributed by atoms with van der Waals surface area (Å²) in [6.07, 6.45) is 3.33. The summed E-state index contributed by atoms with van der Waals surface area (Å²) in [5.74, 6) is 1.73.